The van der Waals surface area contributed by atoms with E-state index in [1.54, 1.807) is 6.08 Å². The minimum absolute atomic E-state index is 0.0879. The molecule has 1 saturated heterocycles. The quantitative estimate of drug-likeness (QED) is 0.445. The van der Waals surface area contributed by atoms with E-state index in [2.05, 4.69) is 6.58 Å². The first kappa shape index (κ1) is 15.9. The standard InChI is InChI=1S/C15H25NO3/c1-7-12-11(9-17)8-13(16(12)10(2)3)14(18)19-15(4,5)6/h7,9-13H,1,8H2,2-6H3/t11-,12+,13-/m1/s1. The monoisotopic (exact) mass is 267 g/mol. The predicted octanol–water partition coefficient (Wildman–Crippen LogP) is 2.18. The number of rotatable bonds is 4. The molecule has 1 aliphatic heterocycles. The van der Waals surface area contributed by atoms with E-state index >= 15 is 0 Å². The third kappa shape index (κ3) is 3.66. The Morgan fingerprint density at radius 1 is 1.42 bits per heavy atom. The zero-order valence-electron chi connectivity index (χ0n) is 12.6. The lowest BCUT2D eigenvalue weighted by Gasteiger charge is -2.33. The Kier molecular flexibility index (Phi) is 4.91. The minimum atomic E-state index is -0.511. The zero-order valence-corrected chi connectivity index (χ0v) is 12.6. The van der Waals surface area contributed by atoms with Crippen LogP contribution in [0.5, 0.6) is 0 Å². The van der Waals surface area contributed by atoms with Crippen molar-refractivity contribution in [2.75, 3.05) is 0 Å². The summed E-state index contributed by atoms with van der Waals surface area (Å²) >= 11 is 0. The van der Waals surface area contributed by atoms with Gasteiger partial charge in [-0.15, -0.1) is 6.58 Å². The summed E-state index contributed by atoms with van der Waals surface area (Å²) in [5, 5.41) is 0. The minimum Gasteiger partial charge on any atom is -0.459 e. The molecule has 0 aromatic rings. The van der Waals surface area contributed by atoms with E-state index in [0.29, 0.717) is 6.42 Å². The average Bonchev–Trinajstić information content (AvgIpc) is 2.64. The van der Waals surface area contributed by atoms with Crippen molar-refractivity contribution in [3.8, 4) is 0 Å². The van der Waals surface area contributed by atoms with Crippen LogP contribution in [0.2, 0.25) is 0 Å². The van der Waals surface area contributed by atoms with Crippen LogP contribution >= 0.6 is 0 Å². The van der Waals surface area contributed by atoms with Crippen molar-refractivity contribution in [3.63, 3.8) is 0 Å². The Bertz CT molecular complexity index is 357. The van der Waals surface area contributed by atoms with Gasteiger partial charge in [0.05, 0.1) is 0 Å². The van der Waals surface area contributed by atoms with Crippen molar-refractivity contribution in [2.24, 2.45) is 5.92 Å². The van der Waals surface area contributed by atoms with Crippen LogP contribution in [0.1, 0.15) is 41.0 Å². The number of ether oxygens (including phenoxy) is 1. The van der Waals surface area contributed by atoms with Gasteiger partial charge in [-0.2, -0.15) is 0 Å². The van der Waals surface area contributed by atoms with Gasteiger partial charge >= 0.3 is 5.97 Å². The van der Waals surface area contributed by atoms with E-state index in [-0.39, 0.29) is 30.0 Å². The molecule has 1 aliphatic rings. The third-order valence-electron chi connectivity index (χ3n) is 3.33. The summed E-state index contributed by atoms with van der Waals surface area (Å²) in [6.07, 6.45) is 3.18. The van der Waals surface area contributed by atoms with Gasteiger partial charge in [0.2, 0.25) is 0 Å². The van der Waals surface area contributed by atoms with Crippen molar-refractivity contribution in [1.82, 2.24) is 4.90 Å². The number of carbonyl (C=O) groups is 2. The second-order valence-electron chi connectivity index (χ2n) is 6.35. The third-order valence-corrected chi connectivity index (χ3v) is 3.33. The fourth-order valence-corrected chi connectivity index (χ4v) is 2.67. The first-order chi connectivity index (χ1) is 8.71. The van der Waals surface area contributed by atoms with Gasteiger partial charge in [0.25, 0.3) is 0 Å². The molecule has 1 rings (SSSR count). The van der Waals surface area contributed by atoms with Gasteiger partial charge in [0, 0.05) is 18.0 Å². The summed E-state index contributed by atoms with van der Waals surface area (Å²) in [6, 6.07) is -0.294. The maximum absolute atomic E-state index is 12.3. The van der Waals surface area contributed by atoms with Gasteiger partial charge in [-0.05, 0) is 41.0 Å². The molecule has 0 saturated carbocycles. The first-order valence-electron chi connectivity index (χ1n) is 6.79. The van der Waals surface area contributed by atoms with Gasteiger partial charge in [-0.1, -0.05) is 6.08 Å². The van der Waals surface area contributed by atoms with Crippen LogP contribution in [-0.2, 0) is 14.3 Å². The molecule has 0 aromatic heterocycles. The molecule has 0 amide bonds. The molecule has 19 heavy (non-hydrogen) atoms. The maximum atomic E-state index is 12.3. The van der Waals surface area contributed by atoms with Crippen LogP contribution in [0.3, 0.4) is 0 Å². The van der Waals surface area contributed by atoms with Crippen LogP contribution in [0.4, 0.5) is 0 Å². The maximum Gasteiger partial charge on any atom is 0.323 e. The van der Waals surface area contributed by atoms with Gasteiger partial charge in [-0.25, -0.2) is 0 Å². The van der Waals surface area contributed by atoms with E-state index in [1.165, 1.54) is 0 Å². The highest BCUT2D eigenvalue weighted by atomic mass is 16.6. The number of likely N-dealkylation sites (tertiary alicyclic amines) is 1. The number of aldehydes is 1. The molecular formula is C15H25NO3. The number of hydrogen-bond donors (Lipinski definition) is 0. The summed E-state index contributed by atoms with van der Waals surface area (Å²) in [4.78, 5) is 25.5. The van der Waals surface area contributed by atoms with Crippen LogP contribution in [0.25, 0.3) is 0 Å². The highest BCUT2D eigenvalue weighted by molar-refractivity contribution is 5.78. The second-order valence-corrected chi connectivity index (χ2v) is 6.35. The topological polar surface area (TPSA) is 46.6 Å². The normalized spacial score (nSPS) is 28.4. The number of esters is 1. The fraction of sp³-hybridized carbons (Fsp3) is 0.733. The van der Waals surface area contributed by atoms with E-state index in [9.17, 15) is 9.59 Å². The Hall–Kier alpha value is -1.16. The van der Waals surface area contributed by atoms with Gasteiger partial charge < -0.3 is 9.53 Å². The van der Waals surface area contributed by atoms with E-state index in [4.69, 9.17) is 4.74 Å². The summed E-state index contributed by atoms with van der Waals surface area (Å²) in [5.41, 5.74) is -0.511. The lowest BCUT2D eigenvalue weighted by molar-refractivity contribution is -0.161. The number of nitrogens with zero attached hydrogens (tertiary/aromatic N) is 1. The van der Waals surface area contributed by atoms with E-state index < -0.39 is 5.60 Å². The Balaban J connectivity index is 2.95. The van der Waals surface area contributed by atoms with Crippen molar-refractivity contribution in [3.05, 3.63) is 12.7 Å². The van der Waals surface area contributed by atoms with Crippen LogP contribution in [0, 0.1) is 5.92 Å². The van der Waals surface area contributed by atoms with Crippen LogP contribution in [0.15, 0.2) is 12.7 Å². The summed E-state index contributed by atoms with van der Waals surface area (Å²) in [6.45, 7) is 13.4. The lowest BCUT2D eigenvalue weighted by Crippen LogP contribution is -2.47. The molecule has 0 aromatic carbocycles. The molecule has 0 aliphatic carbocycles. The Morgan fingerprint density at radius 2 is 2.00 bits per heavy atom. The number of hydrogen-bond acceptors (Lipinski definition) is 4. The summed E-state index contributed by atoms with van der Waals surface area (Å²) in [5.74, 6) is -0.435. The van der Waals surface area contributed by atoms with Crippen LogP contribution in [-0.4, -0.2) is 40.9 Å². The summed E-state index contributed by atoms with van der Waals surface area (Å²) < 4.78 is 5.46. The van der Waals surface area contributed by atoms with Crippen molar-refractivity contribution < 1.29 is 14.3 Å². The number of carbonyl (C=O) groups excluding carboxylic acids is 2. The van der Waals surface area contributed by atoms with Crippen molar-refractivity contribution >= 4 is 12.3 Å². The smallest absolute Gasteiger partial charge is 0.323 e. The Labute approximate surface area is 115 Å². The van der Waals surface area contributed by atoms with Gasteiger partial charge in [0.15, 0.2) is 0 Å². The SMILES string of the molecule is C=C[C@H]1[C@@H](C=O)C[C@H](C(=O)OC(C)(C)C)N1C(C)C. The molecule has 1 heterocycles. The van der Waals surface area contributed by atoms with Crippen molar-refractivity contribution in [2.45, 2.75) is 64.8 Å². The summed E-state index contributed by atoms with van der Waals surface area (Å²) in [7, 11) is 0. The molecular weight excluding hydrogens is 242 g/mol. The second kappa shape index (κ2) is 5.87. The molecule has 1 fully saturated rings. The molecule has 4 heteroatoms. The van der Waals surface area contributed by atoms with Gasteiger partial charge in [-0.3, -0.25) is 9.69 Å². The van der Waals surface area contributed by atoms with E-state index in [1.807, 2.05) is 39.5 Å². The highest BCUT2D eigenvalue weighted by Gasteiger charge is 2.45. The molecule has 0 spiro atoms. The molecule has 0 unspecified atom stereocenters. The molecule has 0 N–H and O–H groups in total. The lowest BCUT2D eigenvalue weighted by atomic mass is 10.0. The van der Waals surface area contributed by atoms with Crippen molar-refractivity contribution in [1.29, 1.82) is 0 Å². The highest BCUT2D eigenvalue weighted by Crippen LogP contribution is 2.32. The van der Waals surface area contributed by atoms with E-state index in [0.717, 1.165) is 6.29 Å². The average molecular weight is 267 g/mol. The first-order valence-corrected chi connectivity index (χ1v) is 6.79. The van der Waals surface area contributed by atoms with Gasteiger partial charge in [0.1, 0.15) is 17.9 Å². The largest absolute Gasteiger partial charge is 0.459 e. The fourth-order valence-electron chi connectivity index (χ4n) is 2.67. The molecule has 4 nitrogen and oxygen atoms in total. The molecule has 0 radical (unpaired) electrons. The molecule has 3 atom stereocenters. The molecule has 108 valence electrons. The Morgan fingerprint density at radius 3 is 2.37 bits per heavy atom. The zero-order chi connectivity index (χ0) is 14.8. The predicted molar refractivity (Wildman–Crippen MR) is 74.8 cm³/mol. The van der Waals surface area contributed by atoms with Crippen LogP contribution < -0.4 is 0 Å². The molecule has 0 bridgehead atoms.